The average Bonchev–Trinajstić information content (AvgIpc) is 2.71. The van der Waals surface area contributed by atoms with E-state index in [1.54, 1.807) is 0 Å². The summed E-state index contributed by atoms with van der Waals surface area (Å²) in [5.74, 6) is -4.46. The Kier molecular flexibility index (Phi) is 7.02. The van der Waals surface area contributed by atoms with Crippen molar-refractivity contribution in [1.29, 1.82) is 0 Å². The van der Waals surface area contributed by atoms with Crippen molar-refractivity contribution in [3.8, 4) is 0 Å². The van der Waals surface area contributed by atoms with Crippen molar-refractivity contribution >= 4 is 29.3 Å². The van der Waals surface area contributed by atoms with Crippen molar-refractivity contribution in [2.24, 2.45) is 0 Å². The fourth-order valence-corrected chi connectivity index (χ4v) is 5.53. The lowest BCUT2D eigenvalue weighted by molar-refractivity contribution is -0.143. The van der Waals surface area contributed by atoms with Crippen LogP contribution in [0, 0.1) is 0 Å². The number of rotatable bonds is 8. The van der Waals surface area contributed by atoms with Crippen LogP contribution < -0.4 is 11.4 Å². The highest BCUT2D eigenvalue weighted by Crippen LogP contribution is 2.66. The molecule has 2 heterocycles. The zero-order valence-electron chi connectivity index (χ0n) is 15.1. The molecule has 178 valence electrons. The molecule has 0 aliphatic carbocycles. The summed E-state index contributed by atoms with van der Waals surface area (Å²) in [6, 6.07) is 0.981. The molecule has 5 atom stereocenters. The van der Waals surface area contributed by atoms with Gasteiger partial charge in [-0.1, -0.05) is 0 Å². The summed E-state index contributed by atoms with van der Waals surface area (Å²) in [5.41, 5.74) is 1.49. The molecule has 1 saturated heterocycles. The molecule has 5 unspecified atom stereocenters. The SMILES string of the molecule is CC1(COP(=O)(O)OP(=O)(O)OP(=O)(O)O)OC(n2ccc(N)nc2=O)C(F)(F)C1O. The van der Waals surface area contributed by atoms with E-state index in [1.807, 2.05) is 0 Å². The predicted octanol–water partition coefficient (Wildman–Crippen LogP) is -0.548. The van der Waals surface area contributed by atoms with Crippen LogP contribution in [-0.4, -0.2) is 58.5 Å². The normalized spacial score (nSPS) is 29.9. The number of aliphatic hydroxyl groups is 1. The maximum atomic E-state index is 14.5. The molecule has 1 aliphatic rings. The molecule has 0 saturated carbocycles. The molecule has 0 radical (unpaired) electrons. The first-order valence-electron chi connectivity index (χ1n) is 7.65. The number of halogens is 2. The van der Waals surface area contributed by atoms with Gasteiger partial charge in [-0.2, -0.15) is 22.4 Å². The number of alkyl halides is 2. The third-order valence-corrected chi connectivity index (χ3v) is 7.47. The van der Waals surface area contributed by atoms with Gasteiger partial charge in [0.25, 0.3) is 0 Å². The van der Waals surface area contributed by atoms with Gasteiger partial charge in [0.05, 0.1) is 6.61 Å². The predicted molar refractivity (Wildman–Crippen MR) is 92.2 cm³/mol. The van der Waals surface area contributed by atoms with Crippen molar-refractivity contribution in [1.82, 2.24) is 9.55 Å². The zero-order chi connectivity index (χ0) is 24.0. The molecule has 1 aliphatic heterocycles. The first-order valence-corrected chi connectivity index (χ1v) is 12.2. The van der Waals surface area contributed by atoms with E-state index in [9.17, 15) is 37.3 Å². The van der Waals surface area contributed by atoms with Crippen molar-refractivity contribution in [3.63, 3.8) is 0 Å². The molecule has 21 heteroatoms. The Balaban J connectivity index is 2.21. The maximum absolute atomic E-state index is 14.5. The Morgan fingerprint density at radius 3 is 2.32 bits per heavy atom. The molecular weight excluding hydrogens is 501 g/mol. The summed E-state index contributed by atoms with van der Waals surface area (Å²) in [6.45, 7) is -0.604. The highest BCUT2D eigenvalue weighted by Gasteiger charge is 2.65. The number of anilines is 1. The number of ether oxygens (including phenoxy) is 1. The zero-order valence-corrected chi connectivity index (χ0v) is 17.8. The average molecular weight is 517 g/mol. The van der Waals surface area contributed by atoms with Crippen LogP contribution in [0.25, 0.3) is 0 Å². The van der Waals surface area contributed by atoms with Crippen LogP contribution in [0.3, 0.4) is 0 Å². The van der Waals surface area contributed by atoms with Crippen molar-refractivity contribution in [3.05, 3.63) is 22.7 Å². The van der Waals surface area contributed by atoms with Crippen LogP contribution in [0.5, 0.6) is 0 Å². The molecule has 16 nitrogen and oxygen atoms in total. The van der Waals surface area contributed by atoms with E-state index in [-0.39, 0.29) is 10.4 Å². The quantitative estimate of drug-likeness (QED) is 0.237. The number of nitrogen functional groups attached to an aromatic ring is 1. The van der Waals surface area contributed by atoms with E-state index in [2.05, 4.69) is 18.1 Å². The highest BCUT2D eigenvalue weighted by atomic mass is 31.3. The molecule has 7 N–H and O–H groups in total. The standard InChI is InChI=1S/C10H16F2N3O13P3/c1-9(4-25-30(21,22)28-31(23,24)27-29(18,19)20)6(16)10(11,12)7(26-9)15-3-2-5(13)14-8(15)17/h2-3,6-7,16H,4H2,1H3,(H,21,22)(H,23,24)(H2,13,14,17)(H2,18,19,20). The van der Waals surface area contributed by atoms with Crippen LogP contribution in [0.2, 0.25) is 0 Å². The highest BCUT2D eigenvalue weighted by molar-refractivity contribution is 7.66. The number of aliphatic hydroxyl groups excluding tert-OH is 1. The van der Waals surface area contributed by atoms with Gasteiger partial charge in [0.15, 0.2) is 6.10 Å². The van der Waals surface area contributed by atoms with Gasteiger partial charge in [-0.25, -0.2) is 18.5 Å². The van der Waals surface area contributed by atoms with Crippen LogP contribution in [0.15, 0.2) is 17.1 Å². The Bertz CT molecular complexity index is 1050. The largest absolute Gasteiger partial charge is 0.490 e. The lowest BCUT2D eigenvalue weighted by atomic mass is 9.98. The van der Waals surface area contributed by atoms with Gasteiger partial charge < -0.3 is 35.2 Å². The smallest absolute Gasteiger partial charge is 0.384 e. The second-order valence-electron chi connectivity index (χ2n) is 6.27. The van der Waals surface area contributed by atoms with Crippen molar-refractivity contribution in [2.45, 2.75) is 30.8 Å². The first kappa shape index (κ1) is 26.1. The summed E-state index contributed by atoms with van der Waals surface area (Å²) in [6.07, 6.45) is -4.41. The van der Waals surface area contributed by atoms with Crippen LogP contribution in [0.1, 0.15) is 13.2 Å². The Labute approximate surface area is 170 Å². The number of nitrogens with zero attached hydrogens (tertiary/aromatic N) is 2. The van der Waals surface area contributed by atoms with E-state index < -0.39 is 59.6 Å². The monoisotopic (exact) mass is 517 g/mol. The molecule has 1 fully saturated rings. The minimum absolute atomic E-state index is 0.287. The van der Waals surface area contributed by atoms with Gasteiger partial charge >= 0.3 is 35.1 Å². The lowest BCUT2D eigenvalue weighted by Gasteiger charge is -2.27. The minimum atomic E-state index is -5.85. The molecule has 31 heavy (non-hydrogen) atoms. The molecule has 1 aromatic heterocycles. The number of hydrogen-bond acceptors (Lipinski definition) is 11. The second kappa shape index (κ2) is 8.33. The van der Waals surface area contributed by atoms with Gasteiger partial charge in [-0.15, -0.1) is 0 Å². The maximum Gasteiger partial charge on any atom is 0.490 e. The molecule has 0 spiro atoms. The summed E-state index contributed by atoms with van der Waals surface area (Å²) in [4.78, 5) is 50.5. The van der Waals surface area contributed by atoms with E-state index in [0.717, 1.165) is 19.2 Å². The van der Waals surface area contributed by atoms with Crippen LogP contribution in [-0.2, 0) is 31.6 Å². The molecular formula is C10H16F2N3O13P3. The lowest BCUT2D eigenvalue weighted by Crippen LogP contribution is -2.47. The third-order valence-electron chi connectivity index (χ3n) is 3.69. The van der Waals surface area contributed by atoms with Gasteiger partial charge in [0.1, 0.15) is 11.4 Å². The van der Waals surface area contributed by atoms with Crippen molar-refractivity contribution in [2.75, 3.05) is 12.3 Å². The number of hydrogen-bond donors (Lipinski definition) is 6. The Morgan fingerprint density at radius 2 is 1.81 bits per heavy atom. The summed E-state index contributed by atoms with van der Waals surface area (Å²) in [7, 11) is -17.2. The number of aromatic nitrogens is 2. The van der Waals surface area contributed by atoms with Crippen LogP contribution >= 0.6 is 23.5 Å². The van der Waals surface area contributed by atoms with Crippen molar-refractivity contribution < 1.29 is 65.0 Å². The number of nitrogens with two attached hydrogens (primary N) is 1. The molecule has 0 amide bonds. The molecule has 1 aromatic rings. The second-order valence-corrected chi connectivity index (χ2v) is 10.7. The minimum Gasteiger partial charge on any atom is -0.384 e. The van der Waals surface area contributed by atoms with E-state index in [4.69, 9.17) is 25.2 Å². The molecule has 2 rings (SSSR count). The van der Waals surface area contributed by atoms with E-state index in [1.165, 1.54) is 0 Å². The van der Waals surface area contributed by atoms with Crippen LogP contribution in [0.4, 0.5) is 14.6 Å². The number of phosphoric ester groups is 1. The van der Waals surface area contributed by atoms with Gasteiger partial charge in [0, 0.05) is 6.20 Å². The molecule has 0 aromatic carbocycles. The van der Waals surface area contributed by atoms with E-state index in [0.29, 0.717) is 0 Å². The number of phosphoric acid groups is 3. The summed E-state index contributed by atoms with van der Waals surface area (Å²) in [5, 5.41) is 9.98. The van der Waals surface area contributed by atoms with Gasteiger partial charge in [-0.3, -0.25) is 9.09 Å². The third kappa shape index (κ3) is 6.22. The topological polar surface area (TPSA) is 250 Å². The fourth-order valence-electron chi connectivity index (χ4n) is 2.41. The van der Waals surface area contributed by atoms with Gasteiger partial charge in [0.2, 0.25) is 6.23 Å². The van der Waals surface area contributed by atoms with E-state index >= 15 is 0 Å². The first-order chi connectivity index (χ1) is 13.8. The summed E-state index contributed by atoms with van der Waals surface area (Å²) >= 11 is 0. The fraction of sp³-hybridized carbons (Fsp3) is 0.600. The Morgan fingerprint density at radius 1 is 1.23 bits per heavy atom. The van der Waals surface area contributed by atoms with Gasteiger partial charge in [-0.05, 0) is 13.0 Å². The Hall–Kier alpha value is -1.13. The summed E-state index contributed by atoms with van der Waals surface area (Å²) < 4.78 is 79.2. The molecule has 0 bridgehead atoms.